The number of aryl methyl sites for hydroxylation is 3. The van der Waals surface area contributed by atoms with Crippen molar-refractivity contribution in [3.05, 3.63) is 82.2 Å². The van der Waals surface area contributed by atoms with Crippen LogP contribution in [0.4, 0.5) is 4.79 Å². The number of halogens is 1. The fourth-order valence-electron chi connectivity index (χ4n) is 6.80. The molecular weight excluding hydrogens is 564 g/mol. The number of rotatable bonds is 4. The topological polar surface area (TPSA) is 83.8 Å². The van der Waals surface area contributed by atoms with Crippen LogP contribution in [0.3, 0.4) is 0 Å². The molecular formula is C33H41ClN6O3. The quantitative estimate of drug-likeness (QED) is 0.421. The summed E-state index contributed by atoms with van der Waals surface area (Å²) in [5, 5.41) is 0.716. The van der Waals surface area contributed by atoms with E-state index < -0.39 is 17.7 Å². The van der Waals surface area contributed by atoms with Crippen LogP contribution in [-0.2, 0) is 28.9 Å². The molecule has 0 spiro atoms. The fourth-order valence-corrected chi connectivity index (χ4v) is 7.00. The first kappa shape index (κ1) is 29.6. The van der Waals surface area contributed by atoms with Gasteiger partial charge in [0.2, 0.25) is 5.91 Å². The Balaban J connectivity index is 1.29. The van der Waals surface area contributed by atoms with Gasteiger partial charge in [-0.05, 0) is 87.8 Å². The molecule has 3 aromatic rings. The summed E-state index contributed by atoms with van der Waals surface area (Å²) in [5.41, 5.74) is 4.90. The first-order valence-electron chi connectivity index (χ1n) is 15.3. The Morgan fingerprint density at radius 2 is 1.86 bits per heavy atom. The molecule has 3 aliphatic rings. The highest BCUT2D eigenvalue weighted by Gasteiger charge is 2.44. The zero-order valence-electron chi connectivity index (χ0n) is 25.5. The highest BCUT2D eigenvalue weighted by molar-refractivity contribution is 6.30. The second-order valence-corrected chi connectivity index (χ2v) is 13.6. The fraction of sp³-hybridized carbons (Fsp3) is 0.515. The first-order chi connectivity index (χ1) is 20.6. The summed E-state index contributed by atoms with van der Waals surface area (Å²) in [5.74, 6) is 0.313. The van der Waals surface area contributed by atoms with Gasteiger partial charge >= 0.3 is 6.09 Å². The monoisotopic (exact) mass is 604 g/mol. The Bertz CT molecular complexity index is 1500. The molecule has 0 bridgehead atoms. The van der Waals surface area contributed by atoms with Crippen molar-refractivity contribution in [3.8, 4) is 0 Å². The molecule has 0 radical (unpaired) electrons. The van der Waals surface area contributed by atoms with Crippen LogP contribution in [-0.4, -0.2) is 85.6 Å². The number of likely N-dealkylation sites (tertiary alicyclic amines) is 1. The van der Waals surface area contributed by atoms with Gasteiger partial charge in [0.25, 0.3) is 0 Å². The summed E-state index contributed by atoms with van der Waals surface area (Å²) >= 11 is 6.44. The standard InChI is InChI=1S/C33H41ClN6O3/c1-22-17-37(21-36-22)18-23-11-13-39(19-23)31(41)28-20-38(14-15-40(28)32(42)43-33(2,3)4)30-27-10-9-26(34)16-25(27)8-7-24-6-5-12-35-29(24)30/h5-6,9-10,12,16-17,21,23,28,30H,7-8,11,13-15,18-20H2,1-4H3/t23-,28-,30?/m1/s1. The van der Waals surface area contributed by atoms with Gasteiger partial charge in [-0.2, -0.15) is 0 Å². The lowest BCUT2D eigenvalue weighted by Crippen LogP contribution is -2.62. The van der Waals surface area contributed by atoms with Crippen LogP contribution in [0.5, 0.6) is 0 Å². The SMILES string of the molecule is Cc1cn(C[C@H]2CCN(C(=O)[C@H]3CN(C4c5ccc(Cl)cc5CCc5cccnc54)CCN3C(=O)OC(C)(C)C)C2)cn1. The van der Waals surface area contributed by atoms with Crippen molar-refractivity contribution in [2.45, 2.75) is 71.2 Å². The molecule has 1 unspecified atom stereocenters. The van der Waals surface area contributed by atoms with E-state index in [0.717, 1.165) is 42.8 Å². The van der Waals surface area contributed by atoms with Gasteiger partial charge < -0.3 is 14.2 Å². The largest absolute Gasteiger partial charge is 0.444 e. The van der Waals surface area contributed by atoms with Gasteiger partial charge in [0, 0.05) is 56.7 Å². The number of piperazine rings is 1. The normalized spacial score (nSPS) is 22.6. The summed E-state index contributed by atoms with van der Waals surface area (Å²) in [7, 11) is 0. The van der Waals surface area contributed by atoms with Crippen molar-refractivity contribution in [2.24, 2.45) is 5.92 Å². The van der Waals surface area contributed by atoms with Crippen LogP contribution in [0.15, 0.2) is 49.1 Å². The van der Waals surface area contributed by atoms with E-state index in [4.69, 9.17) is 21.3 Å². The lowest BCUT2D eigenvalue weighted by molar-refractivity contribution is -0.138. The van der Waals surface area contributed by atoms with E-state index in [2.05, 4.69) is 32.7 Å². The first-order valence-corrected chi connectivity index (χ1v) is 15.7. The molecule has 43 heavy (non-hydrogen) atoms. The number of benzene rings is 1. The maximum Gasteiger partial charge on any atom is 0.411 e. The molecule has 2 aromatic heterocycles. The number of aromatic nitrogens is 3. The zero-order chi connectivity index (χ0) is 30.3. The molecule has 3 atom stereocenters. The molecule has 228 valence electrons. The number of pyridine rings is 1. The minimum atomic E-state index is -0.663. The average molecular weight is 605 g/mol. The van der Waals surface area contributed by atoms with E-state index >= 15 is 0 Å². The molecule has 2 aliphatic heterocycles. The van der Waals surface area contributed by atoms with E-state index in [-0.39, 0.29) is 11.9 Å². The number of imidazole rings is 1. The third kappa shape index (κ3) is 6.43. The minimum absolute atomic E-state index is 0.0222. The number of fused-ring (bicyclic) bond motifs is 2. The molecule has 6 rings (SSSR count). The summed E-state index contributed by atoms with van der Waals surface area (Å²) < 4.78 is 7.91. The summed E-state index contributed by atoms with van der Waals surface area (Å²) in [6.07, 6.45) is 7.96. The number of hydrogen-bond acceptors (Lipinski definition) is 6. The molecule has 1 aromatic carbocycles. The van der Waals surface area contributed by atoms with Crippen LogP contribution < -0.4 is 0 Å². The molecule has 1 aliphatic carbocycles. The van der Waals surface area contributed by atoms with Gasteiger partial charge in [-0.15, -0.1) is 0 Å². The van der Waals surface area contributed by atoms with Crippen LogP contribution in [0.1, 0.15) is 61.3 Å². The predicted molar refractivity (Wildman–Crippen MR) is 165 cm³/mol. The van der Waals surface area contributed by atoms with Gasteiger partial charge in [0.15, 0.2) is 0 Å². The molecule has 0 N–H and O–H groups in total. The molecule has 4 heterocycles. The van der Waals surface area contributed by atoms with Crippen LogP contribution in [0, 0.1) is 12.8 Å². The summed E-state index contributed by atoms with van der Waals surface area (Å²) in [6, 6.07) is 9.43. The third-order valence-electron chi connectivity index (χ3n) is 8.77. The Hall–Kier alpha value is -3.43. The number of amides is 2. The highest BCUT2D eigenvalue weighted by Crippen LogP contribution is 2.38. The highest BCUT2D eigenvalue weighted by atomic mass is 35.5. The number of carbonyl (C=O) groups is 2. The second-order valence-electron chi connectivity index (χ2n) is 13.1. The van der Waals surface area contributed by atoms with Gasteiger partial charge in [-0.1, -0.05) is 23.7 Å². The van der Waals surface area contributed by atoms with Crippen molar-refractivity contribution in [1.82, 2.24) is 29.2 Å². The van der Waals surface area contributed by atoms with Crippen molar-refractivity contribution >= 4 is 23.6 Å². The van der Waals surface area contributed by atoms with Crippen LogP contribution >= 0.6 is 11.6 Å². The summed E-state index contributed by atoms with van der Waals surface area (Å²) in [4.78, 5) is 43.0. The van der Waals surface area contributed by atoms with Crippen molar-refractivity contribution < 1.29 is 14.3 Å². The summed E-state index contributed by atoms with van der Waals surface area (Å²) in [6.45, 7) is 11.1. The Labute approximate surface area is 258 Å². The maximum absolute atomic E-state index is 14.3. The van der Waals surface area contributed by atoms with Crippen LogP contribution in [0.25, 0.3) is 0 Å². The number of nitrogens with zero attached hydrogens (tertiary/aromatic N) is 6. The van der Waals surface area contributed by atoms with Gasteiger partial charge in [-0.3, -0.25) is 19.6 Å². The average Bonchev–Trinajstić information content (AvgIpc) is 3.56. The molecule has 2 fully saturated rings. The Morgan fingerprint density at radius 1 is 1.05 bits per heavy atom. The number of hydrogen-bond donors (Lipinski definition) is 0. The second kappa shape index (κ2) is 11.9. The number of carbonyl (C=O) groups excluding carboxylic acids is 2. The molecule has 9 nitrogen and oxygen atoms in total. The third-order valence-corrected chi connectivity index (χ3v) is 9.00. The van der Waals surface area contributed by atoms with E-state index in [1.54, 1.807) is 4.90 Å². The zero-order valence-corrected chi connectivity index (χ0v) is 26.3. The van der Waals surface area contributed by atoms with Gasteiger partial charge in [-0.25, -0.2) is 9.78 Å². The minimum Gasteiger partial charge on any atom is -0.444 e. The van der Waals surface area contributed by atoms with Crippen molar-refractivity contribution in [3.63, 3.8) is 0 Å². The lowest BCUT2D eigenvalue weighted by atomic mass is 9.95. The van der Waals surface area contributed by atoms with Crippen molar-refractivity contribution in [2.75, 3.05) is 32.7 Å². The maximum atomic E-state index is 14.3. The van der Waals surface area contributed by atoms with E-state index in [0.29, 0.717) is 43.7 Å². The molecule has 2 amide bonds. The van der Waals surface area contributed by atoms with Crippen LogP contribution in [0.2, 0.25) is 5.02 Å². The van der Waals surface area contributed by atoms with Gasteiger partial charge in [0.1, 0.15) is 11.6 Å². The van der Waals surface area contributed by atoms with E-state index in [1.165, 1.54) is 11.1 Å². The Kier molecular flexibility index (Phi) is 8.22. The molecule has 0 saturated carbocycles. The van der Waals surface area contributed by atoms with E-state index in [9.17, 15) is 9.59 Å². The molecule has 10 heteroatoms. The van der Waals surface area contributed by atoms with E-state index in [1.807, 2.05) is 63.4 Å². The molecule has 2 saturated heterocycles. The van der Waals surface area contributed by atoms with Gasteiger partial charge in [0.05, 0.1) is 23.8 Å². The lowest BCUT2D eigenvalue weighted by Gasteiger charge is -2.44. The smallest absolute Gasteiger partial charge is 0.411 e. The predicted octanol–water partition coefficient (Wildman–Crippen LogP) is 4.90. The van der Waals surface area contributed by atoms with Crippen molar-refractivity contribution in [1.29, 1.82) is 0 Å². The Morgan fingerprint density at radius 3 is 2.63 bits per heavy atom. The number of ether oxygens (including phenoxy) is 1.